The number of hydrogen-bond acceptors (Lipinski definition) is 2. The zero-order valence-electron chi connectivity index (χ0n) is 10.5. The third-order valence-corrected chi connectivity index (χ3v) is 1.95. The Kier molecular flexibility index (Phi) is 5.85. The van der Waals surface area contributed by atoms with E-state index in [0.29, 0.717) is 13.0 Å². The largest absolute Gasteiger partial charge is 0.481 e. The maximum Gasteiger partial charge on any atom is 0.315 e. The first-order valence-electron chi connectivity index (χ1n) is 5.50. The highest BCUT2D eigenvalue weighted by molar-refractivity contribution is 5.75. The summed E-state index contributed by atoms with van der Waals surface area (Å²) in [5, 5.41) is 14.0. The van der Waals surface area contributed by atoms with Crippen LogP contribution in [0.25, 0.3) is 0 Å². The predicted octanol–water partition coefficient (Wildman–Crippen LogP) is 1.58. The molecule has 0 saturated carbocycles. The summed E-state index contributed by atoms with van der Waals surface area (Å²) in [5.74, 6) is -0.897. The lowest BCUT2D eigenvalue weighted by Crippen LogP contribution is -2.44. The highest BCUT2D eigenvalue weighted by Crippen LogP contribution is 2.22. The van der Waals surface area contributed by atoms with Crippen molar-refractivity contribution in [1.82, 2.24) is 10.6 Å². The highest BCUT2D eigenvalue weighted by atomic mass is 16.4. The van der Waals surface area contributed by atoms with Crippen LogP contribution in [-0.2, 0) is 4.79 Å². The molecule has 1 unspecified atom stereocenters. The van der Waals surface area contributed by atoms with Gasteiger partial charge < -0.3 is 15.7 Å². The molecule has 0 aromatic rings. The summed E-state index contributed by atoms with van der Waals surface area (Å²) in [6.45, 7) is 8.39. The predicted molar refractivity (Wildman–Crippen MR) is 62.3 cm³/mol. The minimum Gasteiger partial charge on any atom is -0.481 e. The van der Waals surface area contributed by atoms with Crippen LogP contribution < -0.4 is 10.6 Å². The van der Waals surface area contributed by atoms with Gasteiger partial charge in [0.1, 0.15) is 0 Å². The van der Waals surface area contributed by atoms with Gasteiger partial charge in [0.05, 0.1) is 6.42 Å². The molecule has 2 amide bonds. The minimum atomic E-state index is -0.897. The second-order valence-electron chi connectivity index (χ2n) is 5.06. The Hall–Kier alpha value is -1.26. The maximum atomic E-state index is 11.3. The van der Waals surface area contributed by atoms with Crippen molar-refractivity contribution < 1.29 is 14.7 Å². The Labute approximate surface area is 96.6 Å². The van der Waals surface area contributed by atoms with Crippen molar-refractivity contribution in [2.75, 3.05) is 6.54 Å². The summed E-state index contributed by atoms with van der Waals surface area (Å²) in [7, 11) is 0. The van der Waals surface area contributed by atoms with E-state index >= 15 is 0 Å². The molecule has 94 valence electrons. The van der Waals surface area contributed by atoms with Gasteiger partial charge in [-0.05, 0) is 18.8 Å². The molecule has 0 fully saturated rings. The second kappa shape index (κ2) is 6.35. The van der Waals surface area contributed by atoms with Gasteiger partial charge in [0.2, 0.25) is 0 Å². The Morgan fingerprint density at radius 1 is 1.31 bits per heavy atom. The first kappa shape index (κ1) is 14.7. The highest BCUT2D eigenvalue weighted by Gasteiger charge is 2.22. The van der Waals surface area contributed by atoms with Crippen molar-refractivity contribution in [3.63, 3.8) is 0 Å². The summed E-state index contributed by atoms with van der Waals surface area (Å²) in [6.07, 6.45) is 0.588. The fraction of sp³-hybridized carbons (Fsp3) is 0.818. The number of urea groups is 1. The lowest BCUT2D eigenvalue weighted by atomic mass is 9.87. The fourth-order valence-corrected chi connectivity index (χ4v) is 1.52. The third-order valence-electron chi connectivity index (χ3n) is 1.95. The molecule has 0 aromatic carbocycles. The van der Waals surface area contributed by atoms with Gasteiger partial charge in [-0.3, -0.25) is 4.79 Å². The molecule has 5 nitrogen and oxygen atoms in total. The van der Waals surface area contributed by atoms with Crippen LogP contribution in [0.2, 0.25) is 0 Å². The monoisotopic (exact) mass is 230 g/mol. The van der Waals surface area contributed by atoms with Crippen molar-refractivity contribution in [3.05, 3.63) is 0 Å². The van der Waals surface area contributed by atoms with Gasteiger partial charge in [-0.2, -0.15) is 0 Å². The minimum absolute atomic E-state index is 0.0143. The standard InChI is InChI=1S/C11H22N2O3/c1-5-12-10(16)13-8(6-9(14)15)7-11(2,3)4/h8H,5-7H2,1-4H3,(H,14,15)(H2,12,13,16). The van der Waals surface area contributed by atoms with Crippen molar-refractivity contribution >= 4 is 12.0 Å². The number of aliphatic carboxylic acids is 1. The number of hydrogen-bond donors (Lipinski definition) is 3. The van der Waals surface area contributed by atoms with E-state index in [0.717, 1.165) is 0 Å². The number of rotatable bonds is 5. The van der Waals surface area contributed by atoms with E-state index < -0.39 is 5.97 Å². The molecule has 0 heterocycles. The summed E-state index contributed by atoms with van der Waals surface area (Å²) < 4.78 is 0. The summed E-state index contributed by atoms with van der Waals surface area (Å²) in [6, 6.07) is -0.637. The van der Waals surface area contributed by atoms with Crippen LogP contribution in [0.5, 0.6) is 0 Å². The van der Waals surface area contributed by atoms with E-state index in [1.54, 1.807) is 0 Å². The Morgan fingerprint density at radius 2 is 1.88 bits per heavy atom. The van der Waals surface area contributed by atoms with Crippen LogP contribution in [0.3, 0.4) is 0 Å². The zero-order chi connectivity index (χ0) is 12.8. The average Bonchev–Trinajstić information content (AvgIpc) is 1.98. The number of carboxylic acids is 1. The number of carbonyl (C=O) groups excluding carboxylic acids is 1. The quantitative estimate of drug-likeness (QED) is 0.671. The zero-order valence-corrected chi connectivity index (χ0v) is 10.5. The van der Waals surface area contributed by atoms with Crippen LogP contribution in [0.4, 0.5) is 4.79 Å². The molecule has 3 N–H and O–H groups in total. The van der Waals surface area contributed by atoms with E-state index in [-0.39, 0.29) is 23.9 Å². The summed E-state index contributed by atoms with van der Waals surface area (Å²) >= 11 is 0. The van der Waals surface area contributed by atoms with Crippen LogP contribution in [0.15, 0.2) is 0 Å². The van der Waals surface area contributed by atoms with E-state index in [4.69, 9.17) is 5.11 Å². The molecule has 0 aliphatic heterocycles. The Bertz CT molecular complexity index is 246. The van der Waals surface area contributed by atoms with E-state index in [1.165, 1.54) is 0 Å². The first-order chi connectivity index (χ1) is 7.24. The van der Waals surface area contributed by atoms with Crippen LogP contribution in [-0.4, -0.2) is 29.7 Å². The van der Waals surface area contributed by atoms with E-state index in [9.17, 15) is 9.59 Å². The third kappa shape index (κ3) is 8.08. The smallest absolute Gasteiger partial charge is 0.315 e. The number of carboxylic acid groups (broad SMARTS) is 1. The molecule has 0 saturated heterocycles. The molecule has 5 heteroatoms. The van der Waals surface area contributed by atoms with Crippen LogP contribution >= 0.6 is 0 Å². The van der Waals surface area contributed by atoms with Crippen molar-refractivity contribution in [3.8, 4) is 0 Å². The molecule has 0 aliphatic rings. The van der Waals surface area contributed by atoms with Gasteiger partial charge in [0, 0.05) is 12.6 Å². The molecule has 0 aromatic heterocycles. The van der Waals surface area contributed by atoms with Crippen molar-refractivity contribution in [2.45, 2.75) is 46.6 Å². The van der Waals surface area contributed by atoms with Crippen LogP contribution in [0.1, 0.15) is 40.5 Å². The Morgan fingerprint density at radius 3 is 2.25 bits per heavy atom. The van der Waals surface area contributed by atoms with Gasteiger partial charge in [-0.15, -0.1) is 0 Å². The van der Waals surface area contributed by atoms with Gasteiger partial charge >= 0.3 is 12.0 Å². The van der Waals surface area contributed by atoms with Gasteiger partial charge in [0.25, 0.3) is 0 Å². The topological polar surface area (TPSA) is 78.4 Å². The molecular weight excluding hydrogens is 208 g/mol. The van der Waals surface area contributed by atoms with Crippen molar-refractivity contribution in [2.24, 2.45) is 5.41 Å². The Balaban J connectivity index is 4.31. The first-order valence-corrected chi connectivity index (χ1v) is 5.50. The SMILES string of the molecule is CCNC(=O)NC(CC(=O)O)CC(C)(C)C. The lowest BCUT2D eigenvalue weighted by Gasteiger charge is -2.25. The molecule has 0 aliphatic carbocycles. The number of nitrogens with one attached hydrogen (secondary N) is 2. The average molecular weight is 230 g/mol. The van der Waals surface area contributed by atoms with Gasteiger partial charge in [-0.25, -0.2) is 4.79 Å². The lowest BCUT2D eigenvalue weighted by molar-refractivity contribution is -0.137. The molecule has 0 rings (SSSR count). The maximum absolute atomic E-state index is 11.3. The van der Waals surface area contributed by atoms with Crippen molar-refractivity contribution in [1.29, 1.82) is 0 Å². The normalized spacial score (nSPS) is 13.0. The molecule has 0 spiro atoms. The molecule has 1 atom stereocenters. The van der Waals surface area contributed by atoms with Gasteiger partial charge in [-0.1, -0.05) is 20.8 Å². The molecule has 0 radical (unpaired) electrons. The summed E-state index contributed by atoms with van der Waals surface area (Å²) in [4.78, 5) is 22.0. The molecule has 16 heavy (non-hydrogen) atoms. The number of carbonyl (C=O) groups is 2. The fourth-order valence-electron chi connectivity index (χ4n) is 1.52. The van der Waals surface area contributed by atoms with E-state index in [2.05, 4.69) is 10.6 Å². The molecule has 0 bridgehead atoms. The van der Waals surface area contributed by atoms with E-state index in [1.807, 2.05) is 27.7 Å². The second-order valence-corrected chi connectivity index (χ2v) is 5.06. The van der Waals surface area contributed by atoms with Crippen LogP contribution in [0, 0.1) is 5.41 Å². The molecular formula is C11H22N2O3. The number of amides is 2. The summed E-state index contributed by atoms with van der Waals surface area (Å²) in [5.41, 5.74) is -0.0143. The van der Waals surface area contributed by atoms with Gasteiger partial charge in [0.15, 0.2) is 0 Å².